The van der Waals surface area contributed by atoms with Crippen molar-refractivity contribution in [1.29, 1.82) is 0 Å². The van der Waals surface area contributed by atoms with Crippen LogP contribution in [0.2, 0.25) is 0 Å². The Bertz CT molecular complexity index is 1870. The quantitative estimate of drug-likeness (QED) is 0.218. The molecule has 0 aliphatic carbocycles. The highest BCUT2D eigenvalue weighted by Gasteiger charge is 2.50. The van der Waals surface area contributed by atoms with E-state index in [1.165, 1.54) is 16.5 Å². The maximum Gasteiger partial charge on any atom is 0.248 e. The number of hydrogen-bond donors (Lipinski definition) is 1. The van der Waals surface area contributed by atoms with Gasteiger partial charge in [-0.15, -0.1) is 0 Å². The summed E-state index contributed by atoms with van der Waals surface area (Å²) in [6, 6.07) is 4.37. The summed E-state index contributed by atoms with van der Waals surface area (Å²) in [4.78, 5) is 59.6. The average Bonchev–Trinajstić information content (AvgIpc) is 3.59. The van der Waals surface area contributed by atoms with Crippen molar-refractivity contribution in [3.63, 3.8) is 0 Å². The summed E-state index contributed by atoms with van der Waals surface area (Å²) in [6.45, 7) is 4.48. The Hall–Kier alpha value is -4.17. The Morgan fingerprint density at radius 1 is 1.10 bits per heavy atom. The van der Waals surface area contributed by atoms with Crippen LogP contribution in [0.3, 0.4) is 0 Å². The molecular weight excluding hydrogens is 683 g/mol. The summed E-state index contributed by atoms with van der Waals surface area (Å²) in [5, 5.41) is 7.93. The molecule has 6 heterocycles. The zero-order chi connectivity index (χ0) is 34.0. The molecule has 4 aromatic heterocycles. The van der Waals surface area contributed by atoms with E-state index in [2.05, 4.69) is 41.3 Å². The molecule has 252 valence electrons. The van der Waals surface area contributed by atoms with E-state index < -0.39 is 23.5 Å². The number of aromatic nitrogens is 6. The lowest BCUT2D eigenvalue weighted by molar-refractivity contribution is -0.137. The van der Waals surface area contributed by atoms with Crippen LogP contribution in [0.1, 0.15) is 73.0 Å². The maximum absolute atomic E-state index is 16.4. The second-order valence-corrected chi connectivity index (χ2v) is 13.5. The molecular formula is C34H38BrFN8O4. The number of pyridine rings is 2. The van der Waals surface area contributed by atoms with E-state index in [1.54, 1.807) is 32.3 Å². The lowest BCUT2D eigenvalue weighted by Crippen LogP contribution is -2.45. The number of halogens is 2. The Balaban J connectivity index is 1.32. The van der Waals surface area contributed by atoms with E-state index in [9.17, 15) is 14.4 Å². The van der Waals surface area contributed by atoms with Crippen molar-refractivity contribution in [2.45, 2.75) is 84.0 Å². The molecule has 2 atom stereocenters. The number of fused-ring (bicyclic) bond motifs is 4. The zero-order valence-corrected chi connectivity index (χ0v) is 28.8. The Labute approximate surface area is 286 Å². The maximum atomic E-state index is 16.4. The first-order valence-electron chi connectivity index (χ1n) is 16.2. The van der Waals surface area contributed by atoms with Gasteiger partial charge in [0.25, 0.3) is 0 Å². The SMILES string of the molecule is CC(=O)c1nn(CC(=O)N2C[C@@]3(F)COCCCCCCCc4ccc(Br)nc4NC(=O)[C@@H]2C3)c2c(C)nc(-c3cnc(C)nc3)cc12. The fourth-order valence-electron chi connectivity index (χ4n) is 6.48. The highest BCUT2D eigenvalue weighted by atomic mass is 79.9. The first-order chi connectivity index (χ1) is 23.0. The third kappa shape index (κ3) is 7.29. The monoisotopic (exact) mass is 720 g/mol. The Morgan fingerprint density at radius 2 is 1.85 bits per heavy atom. The van der Waals surface area contributed by atoms with Crippen LogP contribution in [0.5, 0.6) is 0 Å². The Morgan fingerprint density at radius 3 is 2.62 bits per heavy atom. The van der Waals surface area contributed by atoms with Gasteiger partial charge in [-0.2, -0.15) is 5.10 Å². The minimum Gasteiger partial charge on any atom is -0.378 e. The molecule has 0 saturated carbocycles. The zero-order valence-electron chi connectivity index (χ0n) is 27.3. The van der Waals surface area contributed by atoms with Gasteiger partial charge in [-0.05, 0) is 66.7 Å². The number of amides is 2. The molecule has 48 heavy (non-hydrogen) atoms. The topological polar surface area (TPSA) is 145 Å². The van der Waals surface area contributed by atoms with Gasteiger partial charge in [-0.1, -0.05) is 25.3 Å². The number of hydrogen-bond acceptors (Lipinski definition) is 9. The number of rotatable bonds is 4. The number of alkyl halides is 1. The second-order valence-electron chi connectivity index (χ2n) is 12.7. The number of nitrogens with zero attached hydrogens (tertiary/aromatic N) is 7. The van der Waals surface area contributed by atoms with Crippen molar-refractivity contribution in [3.8, 4) is 11.3 Å². The molecule has 2 aliphatic heterocycles. The summed E-state index contributed by atoms with van der Waals surface area (Å²) in [5.74, 6) is -0.336. The normalized spacial score (nSPS) is 20.8. The van der Waals surface area contributed by atoms with Crippen LogP contribution >= 0.6 is 15.9 Å². The van der Waals surface area contributed by atoms with Gasteiger partial charge in [0.1, 0.15) is 34.5 Å². The minimum atomic E-state index is -1.93. The fraction of sp³-hybridized carbons (Fsp3) is 0.471. The number of ether oxygens (including phenoxy) is 1. The van der Waals surface area contributed by atoms with E-state index in [1.807, 2.05) is 12.1 Å². The number of nitrogens with one attached hydrogen (secondary N) is 1. The molecule has 0 aromatic carbocycles. The molecule has 1 saturated heterocycles. The van der Waals surface area contributed by atoms with Gasteiger partial charge >= 0.3 is 0 Å². The van der Waals surface area contributed by atoms with E-state index in [0.717, 1.165) is 44.1 Å². The lowest BCUT2D eigenvalue weighted by Gasteiger charge is -2.24. The van der Waals surface area contributed by atoms with Crippen LogP contribution < -0.4 is 5.32 Å². The predicted molar refractivity (Wildman–Crippen MR) is 180 cm³/mol. The van der Waals surface area contributed by atoms with Crippen LogP contribution in [-0.4, -0.2) is 83.7 Å². The van der Waals surface area contributed by atoms with E-state index in [0.29, 0.717) is 50.7 Å². The van der Waals surface area contributed by atoms with Crippen molar-refractivity contribution in [2.24, 2.45) is 0 Å². The summed E-state index contributed by atoms with van der Waals surface area (Å²) >= 11 is 3.39. The molecule has 2 bridgehead atoms. The number of Topliss-reactive ketones (excluding diaryl/α,β-unsaturated/α-hetero) is 1. The molecule has 2 aliphatic rings. The van der Waals surface area contributed by atoms with E-state index in [4.69, 9.17) is 9.72 Å². The Kier molecular flexibility index (Phi) is 9.93. The largest absolute Gasteiger partial charge is 0.378 e. The van der Waals surface area contributed by atoms with Gasteiger partial charge in [-0.3, -0.25) is 24.0 Å². The summed E-state index contributed by atoms with van der Waals surface area (Å²) in [6.07, 6.45) is 8.58. The van der Waals surface area contributed by atoms with Crippen LogP contribution in [0.25, 0.3) is 22.2 Å². The summed E-state index contributed by atoms with van der Waals surface area (Å²) < 4.78 is 24.1. The van der Waals surface area contributed by atoms with Crippen LogP contribution in [0.4, 0.5) is 10.2 Å². The predicted octanol–water partition coefficient (Wildman–Crippen LogP) is 5.34. The number of carbonyl (C=O) groups excluding carboxylic acids is 3. The molecule has 2 amide bonds. The lowest BCUT2D eigenvalue weighted by atomic mass is 10.0. The van der Waals surface area contributed by atoms with Crippen LogP contribution in [0, 0.1) is 13.8 Å². The molecule has 6 rings (SSSR count). The summed E-state index contributed by atoms with van der Waals surface area (Å²) in [5.41, 5.74) is 1.38. The molecule has 12 nitrogen and oxygen atoms in total. The van der Waals surface area contributed by atoms with E-state index >= 15 is 4.39 Å². The van der Waals surface area contributed by atoms with Crippen molar-refractivity contribution < 1.29 is 23.5 Å². The van der Waals surface area contributed by atoms with Crippen molar-refractivity contribution >= 4 is 50.2 Å². The number of ketones is 1. The number of anilines is 1. The fourth-order valence-corrected chi connectivity index (χ4v) is 6.79. The van der Waals surface area contributed by atoms with Crippen LogP contribution in [0.15, 0.2) is 35.2 Å². The van der Waals surface area contributed by atoms with Crippen molar-refractivity contribution in [3.05, 3.63) is 58.0 Å². The third-order valence-electron chi connectivity index (χ3n) is 8.89. The third-order valence-corrected chi connectivity index (χ3v) is 9.33. The standard InChI is InChI=1S/C34H38BrFN8O4/c1-20-31-25(13-26(39-20)24-15-37-22(3)38-16-24)30(21(2)45)42-44(31)17-29(46)43-18-34(36)14-27(43)33(47)41-32-23(10-11-28(35)40-32)9-7-5-4-6-8-12-48-19-34/h10-11,13,15-16,27H,4-9,12,14,17-19H2,1-3H3,(H,40,41,47)/t27-,34+/m0/s1. The van der Waals surface area contributed by atoms with Gasteiger partial charge in [0.2, 0.25) is 11.8 Å². The minimum absolute atomic E-state index is 0.173. The number of carbonyl (C=O) groups is 3. The molecule has 0 unspecified atom stereocenters. The number of aryl methyl sites for hydroxylation is 3. The second kappa shape index (κ2) is 14.1. The molecule has 0 radical (unpaired) electrons. The van der Waals surface area contributed by atoms with Crippen molar-refractivity contribution in [2.75, 3.05) is 25.1 Å². The highest BCUT2D eigenvalue weighted by molar-refractivity contribution is 9.10. The van der Waals surface area contributed by atoms with Crippen molar-refractivity contribution in [1.82, 2.24) is 34.6 Å². The van der Waals surface area contributed by atoms with Gasteiger partial charge in [0.15, 0.2) is 11.5 Å². The molecule has 1 N–H and O–H groups in total. The number of likely N-dealkylation sites (tertiary alicyclic amines) is 1. The molecule has 4 aromatic rings. The average molecular weight is 722 g/mol. The summed E-state index contributed by atoms with van der Waals surface area (Å²) in [7, 11) is 0. The smallest absolute Gasteiger partial charge is 0.248 e. The first-order valence-corrected chi connectivity index (χ1v) is 17.0. The van der Waals surface area contributed by atoms with Gasteiger partial charge in [-0.25, -0.2) is 19.3 Å². The molecule has 0 spiro atoms. The molecule has 14 heteroatoms. The first kappa shape index (κ1) is 33.7. The van der Waals surface area contributed by atoms with Gasteiger partial charge in [0.05, 0.1) is 30.1 Å². The van der Waals surface area contributed by atoms with E-state index in [-0.39, 0.29) is 37.6 Å². The van der Waals surface area contributed by atoms with Gasteiger partial charge < -0.3 is 15.0 Å². The van der Waals surface area contributed by atoms with Crippen LogP contribution in [-0.2, 0) is 27.3 Å². The van der Waals surface area contributed by atoms with Gasteiger partial charge in [0, 0.05) is 43.3 Å². The highest BCUT2D eigenvalue weighted by Crippen LogP contribution is 2.34. The molecule has 1 fully saturated rings.